The lowest BCUT2D eigenvalue weighted by molar-refractivity contribution is 0.196. The van der Waals surface area contributed by atoms with Crippen molar-refractivity contribution in [2.24, 2.45) is 0 Å². The van der Waals surface area contributed by atoms with Crippen molar-refractivity contribution in [3.63, 3.8) is 0 Å². The van der Waals surface area contributed by atoms with E-state index >= 15 is 0 Å². The Morgan fingerprint density at radius 2 is 1.95 bits per heavy atom. The highest BCUT2D eigenvalue weighted by Crippen LogP contribution is 2.18. The number of benzene rings is 1. The topological polar surface area (TPSA) is 24.5 Å². The van der Waals surface area contributed by atoms with E-state index in [-0.39, 0.29) is 0 Å². The van der Waals surface area contributed by atoms with Crippen LogP contribution >= 0.6 is 0 Å². The number of ether oxygens (including phenoxy) is 1. The van der Waals surface area contributed by atoms with E-state index in [9.17, 15) is 0 Å². The smallest absolute Gasteiger partial charge is 0.0479 e. The number of nitrogens with zero attached hydrogens (tertiary/aromatic N) is 1. The molecule has 0 aromatic heterocycles. The molecule has 3 nitrogen and oxygen atoms in total. The lowest BCUT2D eigenvalue weighted by atomic mass is 10.1. The van der Waals surface area contributed by atoms with Crippen LogP contribution in [0, 0.1) is 0 Å². The second kappa shape index (κ2) is 8.94. The average Bonchev–Trinajstić information content (AvgIpc) is 2.45. The van der Waals surface area contributed by atoms with E-state index in [1.54, 1.807) is 7.11 Å². The predicted octanol–water partition coefficient (Wildman–Crippen LogP) is 3.22. The molecule has 1 aromatic rings. The van der Waals surface area contributed by atoms with E-state index in [4.69, 9.17) is 4.74 Å². The van der Waals surface area contributed by atoms with E-state index < -0.39 is 0 Å². The normalized spacial score (nSPS) is 12.4. The molecule has 1 aromatic carbocycles. The molecule has 0 spiro atoms. The molecule has 19 heavy (non-hydrogen) atoms. The fourth-order valence-electron chi connectivity index (χ4n) is 2.07. The molecule has 0 bridgehead atoms. The van der Waals surface area contributed by atoms with Gasteiger partial charge in [0.2, 0.25) is 0 Å². The molecule has 1 atom stereocenters. The number of hydrogen-bond acceptors (Lipinski definition) is 3. The molecule has 0 saturated carbocycles. The van der Waals surface area contributed by atoms with Crippen LogP contribution in [-0.2, 0) is 4.74 Å². The Kier molecular flexibility index (Phi) is 7.53. The molecule has 0 heterocycles. The third kappa shape index (κ3) is 5.62. The molecule has 0 radical (unpaired) electrons. The highest BCUT2D eigenvalue weighted by atomic mass is 16.5. The molecular formula is C16H28N2O. The van der Waals surface area contributed by atoms with Gasteiger partial charge in [0.15, 0.2) is 0 Å². The molecule has 0 saturated heterocycles. The van der Waals surface area contributed by atoms with Gasteiger partial charge in [0.05, 0.1) is 0 Å². The zero-order valence-electron chi connectivity index (χ0n) is 12.8. The first kappa shape index (κ1) is 16.0. The molecule has 108 valence electrons. The standard InChI is InChI=1S/C16H28N2O/c1-5-11-17-14(2)15-7-9-16(10-8-15)18(3)12-6-13-19-4/h7-10,14,17H,5-6,11-13H2,1-4H3. The zero-order valence-corrected chi connectivity index (χ0v) is 12.8. The Labute approximate surface area is 118 Å². The van der Waals surface area contributed by atoms with E-state index in [0.717, 1.165) is 26.1 Å². The van der Waals surface area contributed by atoms with Crippen LogP contribution in [0.25, 0.3) is 0 Å². The van der Waals surface area contributed by atoms with E-state index in [2.05, 4.69) is 55.4 Å². The third-order valence-corrected chi connectivity index (χ3v) is 3.38. The van der Waals surface area contributed by atoms with Crippen molar-refractivity contribution in [1.29, 1.82) is 0 Å². The van der Waals surface area contributed by atoms with Crippen molar-refractivity contribution in [2.75, 3.05) is 38.8 Å². The predicted molar refractivity (Wildman–Crippen MR) is 82.9 cm³/mol. The van der Waals surface area contributed by atoms with Crippen LogP contribution in [0.2, 0.25) is 0 Å². The molecule has 0 amide bonds. The van der Waals surface area contributed by atoms with Gasteiger partial charge in [-0.1, -0.05) is 19.1 Å². The molecule has 1 unspecified atom stereocenters. The Morgan fingerprint density at radius 3 is 2.53 bits per heavy atom. The van der Waals surface area contributed by atoms with Crippen LogP contribution in [-0.4, -0.2) is 33.9 Å². The van der Waals surface area contributed by atoms with Crippen molar-refractivity contribution in [3.8, 4) is 0 Å². The first-order valence-electron chi connectivity index (χ1n) is 7.22. The largest absolute Gasteiger partial charge is 0.385 e. The number of anilines is 1. The van der Waals surface area contributed by atoms with Crippen LogP contribution < -0.4 is 10.2 Å². The molecule has 0 aliphatic rings. The molecule has 0 aliphatic carbocycles. The quantitative estimate of drug-likeness (QED) is 0.693. The summed E-state index contributed by atoms with van der Waals surface area (Å²) in [4.78, 5) is 2.27. The van der Waals surface area contributed by atoms with E-state index in [0.29, 0.717) is 6.04 Å². The SMILES string of the molecule is CCCNC(C)c1ccc(N(C)CCCOC)cc1. The molecular weight excluding hydrogens is 236 g/mol. The summed E-state index contributed by atoms with van der Waals surface area (Å²) in [6, 6.07) is 9.26. The van der Waals surface area contributed by atoms with Gasteiger partial charge in [-0.3, -0.25) is 0 Å². The van der Waals surface area contributed by atoms with Gasteiger partial charge in [0.1, 0.15) is 0 Å². The van der Waals surface area contributed by atoms with Crippen molar-refractivity contribution in [3.05, 3.63) is 29.8 Å². The van der Waals surface area contributed by atoms with Crippen LogP contribution in [0.1, 0.15) is 38.3 Å². The molecule has 0 aliphatic heterocycles. The molecule has 1 N–H and O–H groups in total. The lowest BCUT2D eigenvalue weighted by Crippen LogP contribution is -2.21. The minimum absolute atomic E-state index is 0.424. The van der Waals surface area contributed by atoms with Crippen molar-refractivity contribution < 1.29 is 4.74 Å². The van der Waals surface area contributed by atoms with Gasteiger partial charge in [0.25, 0.3) is 0 Å². The molecule has 1 rings (SSSR count). The maximum absolute atomic E-state index is 5.08. The first-order valence-corrected chi connectivity index (χ1v) is 7.22. The highest BCUT2D eigenvalue weighted by Gasteiger charge is 2.05. The van der Waals surface area contributed by atoms with Crippen molar-refractivity contribution >= 4 is 5.69 Å². The number of rotatable bonds is 9. The minimum atomic E-state index is 0.424. The van der Waals surface area contributed by atoms with Gasteiger partial charge >= 0.3 is 0 Å². The third-order valence-electron chi connectivity index (χ3n) is 3.38. The maximum Gasteiger partial charge on any atom is 0.0479 e. The fourth-order valence-corrected chi connectivity index (χ4v) is 2.07. The van der Waals surface area contributed by atoms with Crippen LogP contribution in [0.15, 0.2) is 24.3 Å². The van der Waals surface area contributed by atoms with Crippen molar-refractivity contribution in [2.45, 2.75) is 32.7 Å². The minimum Gasteiger partial charge on any atom is -0.385 e. The molecule has 3 heteroatoms. The summed E-state index contributed by atoms with van der Waals surface area (Å²) in [5, 5.41) is 3.51. The summed E-state index contributed by atoms with van der Waals surface area (Å²) in [6.07, 6.45) is 2.23. The van der Waals surface area contributed by atoms with Crippen LogP contribution in [0.3, 0.4) is 0 Å². The van der Waals surface area contributed by atoms with Gasteiger partial charge in [-0.2, -0.15) is 0 Å². The Hall–Kier alpha value is -1.06. The summed E-state index contributed by atoms with van der Waals surface area (Å²) in [7, 11) is 3.88. The van der Waals surface area contributed by atoms with E-state index in [1.165, 1.54) is 17.7 Å². The Bertz CT molecular complexity index is 337. The first-order chi connectivity index (χ1) is 9.19. The van der Waals surface area contributed by atoms with Gasteiger partial charge < -0.3 is 15.0 Å². The van der Waals surface area contributed by atoms with Gasteiger partial charge in [-0.05, 0) is 44.0 Å². The number of hydrogen-bond donors (Lipinski definition) is 1. The van der Waals surface area contributed by atoms with Crippen molar-refractivity contribution in [1.82, 2.24) is 5.32 Å². The summed E-state index contributed by atoms with van der Waals surface area (Å²) < 4.78 is 5.08. The zero-order chi connectivity index (χ0) is 14.1. The summed E-state index contributed by atoms with van der Waals surface area (Å²) in [6.45, 7) is 7.32. The summed E-state index contributed by atoms with van der Waals surface area (Å²) >= 11 is 0. The monoisotopic (exact) mass is 264 g/mol. The Morgan fingerprint density at radius 1 is 1.26 bits per heavy atom. The van der Waals surface area contributed by atoms with E-state index in [1.807, 2.05) is 0 Å². The van der Waals surface area contributed by atoms with Gasteiger partial charge in [-0.15, -0.1) is 0 Å². The number of methoxy groups -OCH3 is 1. The number of nitrogens with one attached hydrogen (secondary N) is 1. The average molecular weight is 264 g/mol. The summed E-state index contributed by atoms with van der Waals surface area (Å²) in [5.74, 6) is 0. The van der Waals surface area contributed by atoms with Gasteiger partial charge in [-0.25, -0.2) is 0 Å². The van der Waals surface area contributed by atoms with Gasteiger partial charge in [0, 0.05) is 39.0 Å². The highest BCUT2D eigenvalue weighted by molar-refractivity contribution is 5.47. The fraction of sp³-hybridized carbons (Fsp3) is 0.625. The van der Waals surface area contributed by atoms with Crippen LogP contribution in [0.4, 0.5) is 5.69 Å². The van der Waals surface area contributed by atoms with Crippen LogP contribution in [0.5, 0.6) is 0 Å². The second-order valence-corrected chi connectivity index (χ2v) is 5.04. The molecule has 0 fully saturated rings. The second-order valence-electron chi connectivity index (χ2n) is 5.04. The Balaban J connectivity index is 2.50. The maximum atomic E-state index is 5.08. The summed E-state index contributed by atoms with van der Waals surface area (Å²) in [5.41, 5.74) is 2.62. The lowest BCUT2D eigenvalue weighted by Gasteiger charge is -2.20.